The molecule has 6 heteroatoms. The predicted molar refractivity (Wildman–Crippen MR) is 58.8 cm³/mol. The van der Waals surface area contributed by atoms with E-state index >= 15 is 0 Å². The standard InChI is InChI=1S/C7H7Br2NO2S/c1-10(12-2)7(11)5-3-4(8)6(9)13-5/h3H,1-2H3. The Labute approximate surface area is 96.9 Å². The minimum absolute atomic E-state index is 0.154. The molecule has 0 bridgehead atoms. The van der Waals surface area contributed by atoms with Crippen LogP contribution in [0.25, 0.3) is 0 Å². The molecule has 0 aliphatic carbocycles. The molecule has 13 heavy (non-hydrogen) atoms. The molecule has 72 valence electrons. The van der Waals surface area contributed by atoms with Crippen LogP contribution < -0.4 is 0 Å². The van der Waals surface area contributed by atoms with E-state index < -0.39 is 0 Å². The van der Waals surface area contributed by atoms with E-state index in [1.807, 2.05) is 0 Å². The summed E-state index contributed by atoms with van der Waals surface area (Å²) in [4.78, 5) is 16.9. The molecular weight excluding hydrogens is 322 g/mol. The smallest absolute Gasteiger partial charge is 0.274 e. The molecule has 1 rings (SSSR count). The lowest BCUT2D eigenvalue weighted by Crippen LogP contribution is -2.24. The van der Waals surface area contributed by atoms with E-state index in [0.29, 0.717) is 4.88 Å². The topological polar surface area (TPSA) is 29.5 Å². The number of thiophene rings is 1. The van der Waals surface area contributed by atoms with Gasteiger partial charge in [0.05, 0.1) is 15.8 Å². The third kappa shape index (κ3) is 2.52. The van der Waals surface area contributed by atoms with Crippen molar-refractivity contribution in [1.29, 1.82) is 0 Å². The largest absolute Gasteiger partial charge is 0.287 e. The maximum atomic E-state index is 11.5. The summed E-state index contributed by atoms with van der Waals surface area (Å²) in [7, 11) is 3.03. The van der Waals surface area contributed by atoms with Crippen molar-refractivity contribution in [3.05, 3.63) is 19.2 Å². The Balaban J connectivity index is 2.89. The van der Waals surface area contributed by atoms with Crippen LogP contribution in [0.4, 0.5) is 0 Å². The minimum atomic E-state index is -0.154. The molecule has 1 aromatic heterocycles. The van der Waals surface area contributed by atoms with Crippen LogP contribution in [0.1, 0.15) is 9.67 Å². The summed E-state index contributed by atoms with van der Waals surface area (Å²) < 4.78 is 1.78. The van der Waals surface area contributed by atoms with Gasteiger partial charge in [0.15, 0.2) is 0 Å². The monoisotopic (exact) mass is 327 g/mol. The highest BCUT2D eigenvalue weighted by molar-refractivity contribution is 9.13. The summed E-state index contributed by atoms with van der Waals surface area (Å²) in [5.41, 5.74) is 0. The molecule has 0 unspecified atom stereocenters. The molecule has 0 atom stereocenters. The van der Waals surface area contributed by atoms with Crippen LogP contribution in [-0.4, -0.2) is 25.1 Å². The lowest BCUT2D eigenvalue weighted by atomic mass is 10.4. The average molecular weight is 329 g/mol. The second kappa shape index (κ2) is 4.54. The molecule has 1 amide bonds. The van der Waals surface area contributed by atoms with Gasteiger partial charge in [-0.3, -0.25) is 9.63 Å². The zero-order chi connectivity index (χ0) is 10.0. The van der Waals surface area contributed by atoms with Crippen molar-refractivity contribution in [3.8, 4) is 0 Å². The van der Waals surface area contributed by atoms with Crippen molar-refractivity contribution in [2.24, 2.45) is 0 Å². The van der Waals surface area contributed by atoms with Gasteiger partial charge in [-0.15, -0.1) is 11.3 Å². The van der Waals surface area contributed by atoms with Crippen molar-refractivity contribution in [1.82, 2.24) is 5.06 Å². The fourth-order valence-corrected chi connectivity index (χ4v) is 2.69. The zero-order valence-corrected chi connectivity index (χ0v) is 11.0. The van der Waals surface area contributed by atoms with Crippen LogP contribution in [0, 0.1) is 0 Å². The van der Waals surface area contributed by atoms with Crippen LogP contribution in [-0.2, 0) is 4.84 Å². The highest BCUT2D eigenvalue weighted by Crippen LogP contribution is 2.32. The molecule has 0 aliphatic rings. The molecule has 3 nitrogen and oxygen atoms in total. The van der Waals surface area contributed by atoms with E-state index in [0.717, 1.165) is 8.26 Å². The van der Waals surface area contributed by atoms with Crippen molar-refractivity contribution in [2.45, 2.75) is 0 Å². The van der Waals surface area contributed by atoms with Gasteiger partial charge in [0.25, 0.3) is 5.91 Å². The highest BCUT2D eigenvalue weighted by atomic mass is 79.9. The number of carbonyl (C=O) groups excluding carboxylic acids is 1. The number of carbonyl (C=O) groups is 1. The Hall–Kier alpha value is 0.0900. The van der Waals surface area contributed by atoms with Crippen LogP contribution >= 0.6 is 43.2 Å². The molecule has 1 aromatic rings. The van der Waals surface area contributed by atoms with Crippen LogP contribution in [0.15, 0.2) is 14.3 Å². The normalized spacial score (nSPS) is 10.2. The molecule has 0 N–H and O–H groups in total. The summed E-state index contributed by atoms with van der Waals surface area (Å²) in [5.74, 6) is -0.154. The Morgan fingerprint density at radius 1 is 1.62 bits per heavy atom. The van der Waals surface area contributed by atoms with Crippen molar-refractivity contribution in [3.63, 3.8) is 0 Å². The van der Waals surface area contributed by atoms with Crippen molar-refractivity contribution in [2.75, 3.05) is 14.2 Å². The first-order chi connectivity index (χ1) is 6.06. The van der Waals surface area contributed by atoms with Gasteiger partial charge in [0.1, 0.15) is 0 Å². The van der Waals surface area contributed by atoms with Gasteiger partial charge >= 0.3 is 0 Å². The van der Waals surface area contributed by atoms with Gasteiger partial charge in [-0.05, 0) is 37.9 Å². The molecule has 0 saturated carbocycles. The lowest BCUT2D eigenvalue weighted by molar-refractivity contribution is -0.0753. The fourth-order valence-electron chi connectivity index (χ4n) is 0.690. The van der Waals surface area contributed by atoms with Crippen LogP contribution in [0.5, 0.6) is 0 Å². The SMILES string of the molecule is CON(C)C(=O)c1cc(Br)c(Br)s1. The van der Waals surface area contributed by atoms with E-state index in [4.69, 9.17) is 4.84 Å². The molecule has 0 saturated heterocycles. The number of hydrogen-bond acceptors (Lipinski definition) is 3. The zero-order valence-electron chi connectivity index (χ0n) is 7.01. The molecule has 0 aromatic carbocycles. The van der Waals surface area contributed by atoms with Gasteiger partial charge in [-0.1, -0.05) is 0 Å². The number of amides is 1. The van der Waals surface area contributed by atoms with E-state index in [2.05, 4.69) is 31.9 Å². The van der Waals surface area contributed by atoms with Gasteiger partial charge in [0.2, 0.25) is 0 Å². The molecular formula is C7H7Br2NO2S. The highest BCUT2D eigenvalue weighted by Gasteiger charge is 2.15. The second-order valence-corrected chi connectivity index (χ2v) is 5.44. The lowest BCUT2D eigenvalue weighted by Gasteiger charge is -2.11. The fraction of sp³-hybridized carbons (Fsp3) is 0.286. The van der Waals surface area contributed by atoms with E-state index in [1.54, 1.807) is 13.1 Å². The first-order valence-corrected chi connectivity index (χ1v) is 5.73. The number of rotatable bonds is 2. The number of hydrogen-bond donors (Lipinski definition) is 0. The quantitative estimate of drug-likeness (QED) is 0.781. The molecule has 0 fully saturated rings. The third-order valence-corrected chi connectivity index (χ3v) is 4.66. The maximum Gasteiger partial charge on any atom is 0.287 e. The van der Waals surface area contributed by atoms with Gasteiger partial charge in [-0.25, -0.2) is 5.06 Å². The minimum Gasteiger partial charge on any atom is -0.274 e. The predicted octanol–water partition coefficient (Wildman–Crippen LogP) is 2.91. The molecule has 1 heterocycles. The number of nitrogens with zero attached hydrogens (tertiary/aromatic N) is 1. The molecule has 0 radical (unpaired) electrons. The molecule has 0 spiro atoms. The third-order valence-electron chi connectivity index (χ3n) is 1.42. The van der Waals surface area contributed by atoms with Gasteiger partial charge < -0.3 is 0 Å². The summed E-state index contributed by atoms with van der Waals surface area (Å²) in [6, 6.07) is 1.76. The summed E-state index contributed by atoms with van der Waals surface area (Å²) in [6.45, 7) is 0. The van der Waals surface area contributed by atoms with E-state index in [9.17, 15) is 4.79 Å². The van der Waals surface area contributed by atoms with Gasteiger partial charge in [-0.2, -0.15) is 0 Å². The first-order valence-electron chi connectivity index (χ1n) is 3.33. The first kappa shape index (κ1) is 11.2. The number of hydroxylamine groups is 2. The second-order valence-electron chi connectivity index (χ2n) is 2.22. The Kier molecular flexibility index (Phi) is 3.90. The van der Waals surface area contributed by atoms with Crippen molar-refractivity contribution >= 4 is 49.1 Å². The maximum absolute atomic E-state index is 11.5. The van der Waals surface area contributed by atoms with Gasteiger partial charge in [0, 0.05) is 11.5 Å². The van der Waals surface area contributed by atoms with Crippen molar-refractivity contribution < 1.29 is 9.63 Å². The Morgan fingerprint density at radius 2 is 2.23 bits per heavy atom. The molecule has 0 aliphatic heterocycles. The summed E-state index contributed by atoms with van der Waals surface area (Å²) >= 11 is 7.99. The summed E-state index contributed by atoms with van der Waals surface area (Å²) in [5, 5.41) is 1.19. The van der Waals surface area contributed by atoms with E-state index in [-0.39, 0.29) is 5.91 Å². The van der Waals surface area contributed by atoms with E-state index in [1.165, 1.54) is 23.5 Å². The number of halogens is 2. The Bertz CT molecular complexity index is 307. The average Bonchev–Trinajstić information content (AvgIpc) is 2.44. The van der Waals surface area contributed by atoms with Crippen LogP contribution in [0.3, 0.4) is 0 Å². The van der Waals surface area contributed by atoms with Crippen LogP contribution in [0.2, 0.25) is 0 Å². The summed E-state index contributed by atoms with van der Waals surface area (Å²) in [6.07, 6.45) is 0. The Morgan fingerprint density at radius 3 is 2.62 bits per heavy atom.